The third-order valence-electron chi connectivity index (χ3n) is 4.32. The predicted octanol–water partition coefficient (Wildman–Crippen LogP) is 6.66. The molecule has 0 bridgehead atoms. The number of benzene rings is 2. The Labute approximate surface area is 189 Å². The molecule has 2 aromatic heterocycles. The number of rotatable bonds is 5. The molecule has 150 valence electrons. The van der Waals surface area contributed by atoms with Crippen molar-refractivity contribution < 1.29 is 9.53 Å². The summed E-state index contributed by atoms with van der Waals surface area (Å²) < 4.78 is 9.21. The molecule has 2 heterocycles. The third-order valence-corrected chi connectivity index (χ3v) is 7.83. The van der Waals surface area contributed by atoms with Crippen LogP contribution < -0.4 is 4.80 Å². The average molecular weight is 486 g/mol. The van der Waals surface area contributed by atoms with Crippen LogP contribution in [0, 0.1) is 0 Å². The van der Waals surface area contributed by atoms with Crippen molar-refractivity contribution in [3.63, 3.8) is 0 Å². The van der Waals surface area contributed by atoms with E-state index in [9.17, 15) is 4.79 Å². The summed E-state index contributed by atoms with van der Waals surface area (Å²) in [6.07, 6.45) is 0. The maximum Gasteiger partial charge on any atom is 0.291 e. The lowest BCUT2D eigenvalue weighted by molar-refractivity contribution is 0.100. The van der Waals surface area contributed by atoms with Crippen molar-refractivity contribution in [1.29, 1.82) is 0 Å². The Kier molecular flexibility index (Phi) is 6.30. The van der Waals surface area contributed by atoms with Gasteiger partial charge >= 0.3 is 0 Å². The van der Waals surface area contributed by atoms with Gasteiger partial charge in [-0.25, -0.2) is 0 Å². The highest BCUT2D eigenvalue weighted by atomic mass is 35.5. The third kappa shape index (κ3) is 3.98. The van der Waals surface area contributed by atoms with Gasteiger partial charge in [-0.3, -0.25) is 4.79 Å². The van der Waals surface area contributed by atoms with Gasteiger partial charge in [0.25, 0.3) is 5.91 Å². The summed E-state index contributed by atoms with van der Waals surface area (Å²) in [5.41, 5.74) is 0.748. The summed E-state index contributed by atoms with van der Waals surface area (Å²) in [5.74, 6) is -0.380. The van der Waals surface area contributed by atoms with Crippen molar-refractivity contribution in [1.82, 2.24) is 4.57 Å². The molecule has 1 amide bonds. The number of carbonyl (C=O) groups excluding carboxylic acids is 1. The number of amides is 1. The zero-order chi connectivity index (χ0) is 20.5. The predicted molar refractivity (Wildman–Crippen MR) is 123 cm³/mol. The number of hydrogen-bond donors (Lipinski definition) is 0. The molecule has 4 aromatic rings. The van der Waals surface area contributed by atoms with E-state index in [0.29, 0.717) is 44.5 Å². The lowest BCUT2D eigenvalue weighted by Crippen LogP contribution is -2.19. The number of aromatic nitrogens is 1. The number of thiophene rings is 1. The van der Waals surface area contributed by atoms with Crippen molar-refractivity contribution in [2.45, 2.75) is 13.5 Å². The van der Waals surface area contributed by atoms with Crippen LogP contribution >= 0.6 is 57.5 Å². The van der Waals surface area contributed by atoms with Gasteiger partial charge in [0.15, 0.2) is 4.80 Å². The Hall–Kier alpha value is -1.41. The maximum absolute atomic E-state index is 13.0. The number of ether oxygens (including phenoxy) is 1. The molecule has 0 aliphatic rings. The smallest absolute Gasteiger partial charge is 0.291 e. The van der Waals surface area contributed by atoms with Crippen LogP contribution in [0.1, 0.15) is 16.6 Å². The van der Waals surface area contributed by atoms with Gasteiger partial charge in [0.1, 0.15) is 4.88 Å². The zero-order valence-electron chi connectivity index (χ0n) is 15.2. The monoisotopic (exact) mass is 484 g/mol. The van der Waals surface area contributed by atoms with E-state index in [4.69, 9.17) is 39.5 Å². The van der Waals surface area contributed by atoms with Gasteiger partial charge in [-0.2, -0.15) is 4.99 Å². The number of hydrogen-bond acceptors (Lipinski definition) is 4. The number of fused-ring (bicyclic) bond motifs is 2. The first-order valence-corrected chi connectivity index (χ1v) is 11.6. The minimum Gasteiger partial charge on any atom is -0.380 e. The molecule has 0 saturated carbocycles. The second-order valence-corrected chi connectivity index (χ2v) is 9.32. The van der Waals surface area contributed by atoms with Crippen molar-refractivity contribution in [3.8, 4) is 0 Å². The Balaban J connectivity index is 1.86. The highest BCUT2D eigenvalue weighted by Crippen LogP contribution is 2.36. The minimum atomic E-state index is -0.380. The van der Waals surface area contributed by atoms with E-state index in [1.54, 1.807) is 6.07 Å². The summed E-state index contributed by atoms with van der Waals surface area (Å²) in [5, 5.41) is 2.17. The zero-order valence-corrected chi connectivity index (χ0v) is 19.1. The molecule has 0 unspecified atom stereocenters. The molecule has 0 spiro atoms. The molecule has 4 nitrogen and oxygen atoms in total. The second kappa shape index (κ2) is 8.76. The van der Waals surface area contributed by atoms with Crippen LogP contribution in [0.15, 0.2) is 41.4 Å². The van der Waals surface area contributed by atoms with Crippen LogP contribution in [-0.2, 0) is 11.3 Å². The molecule has 0 saturated heterocycles. The van der Waals surface area contributed by atoms with E-state index in [1.165, 1.54) is 22.7 Å². The van der Waals surface area contributed by atoms with Crippen LogP contribution in [0.25, 0.3) is 20.3 Å². The Morgan fingerprint density at radius 1 is 1.07 bits per heavy atom. The van der Waals surface area contributed by atoms with Crippen molar-refractivity contribution in [3.05, 3.63) is 61.1 Å². The maximum atomic E-state index is 13.0. The average Bonchev–Trinajstić information content (AvgIpc) is 3.23. The minimum absolute atomic E-state index is 0.380. The standard InChI is InChI=1S/C20H15Cl3N2O2S2/c1-2-27-10-9-25-17-14(8-7-12(21)16(17)23)29-20(25)24-19(26)18-15(22)11-5-3-4-6-13(11)28-18/h3-8H,2,9-10H2,1H3. The van der Waals surface area contributed by atoms with Gasteiger partial charge in [0.05, 0.1) is 31.9 Å². The van der Waals surface area contributed by atoms with Crippen LogP contribution in [0.4, 0.5) is 0 Å². The summed E-state index contributed by atoms with van der Waals surface area (Å²) in [4.78, 5) is 18.3. The molecule has 29 heavy (non-hydrogen) atoms. The number of halogens is 3. The fourth-order valence-electron chi connectivity index (χ4n) is 2.99. The molecule has 2 aromatic carbocycles. The lowest BCUT2D eigenvalue weighted by atomic mass is 10.2. The Bertz CT molecular complexity index is 1290. The second-order valence-electron chi connectivity index (χ2n) is 6.10. The topological polar surface area (TPSA) is 43.6 Å². The lowest BCUT2D eigenvalue weighted by Gasteiger charge is -2.07. The van der Waals surface area contributed by atoms with E-state index in [0.717, 1.165) is 20.3 Å². The largest absolute Gasteiger partial charge is 0.380 e. The normalized spacial score (nSPS) is 12.3. The van der Waals surface area contributed by atoms with Crippen molar-refractivity contribution in [2.75, 3.05) is 13.2 Å². The first-order chi connectivity index (χ1) is 14.0. The van der Waals surface area contributed by atoms with Crippen LogP contribution in [0.3, 0.4) is 0 Å². The molecule has 0 N–H and O–H groups in total. The highest BCUT2D eigenvalue weighted by molar-refractivity contribution is 7.21. The van der Waals surface area contributed by atoms with E-state index >= 15 is 0 Å². The fourth-order valence-corrected chi connectivity index (χ4v) is 5.92. The molecular formula is C20H15Cl3N2O2S2. The van der Waals surface area contributed by atoms with Gasteiger partial charge in [0, 0.05) is 23.2 Å². The first kappa shape index (κ1) is 20.8. The molecule has 0 radical (unpaired) electrons. The molecule has 0 atom stereocenters. The number of carbonyl (C=O) groups is 1. The number of nitrogens with zero attached hydrogens (tertiary/aromatic N) is 2. The molecular weight excluding hydrogens is 471 g/mol. The summed E-state index contributed by atoms with van der Waals surface area (Å²) in [6, 6.07) is 11.3. The van der Waals surface area contributed by atoms with Crippen molar-refractivity contribution in [2.24, 2.45) is 4.99 Å². The molecule has 0 aliphatic heterocycles. The van der Waals surface area contributed by atoms with E-state index in [1.807, 2.05) is 41.8 Å². The molecule has 4 rings (SSSR count). The SMILES string of the molecule is CCOCCn1c(=NC(=O)c2sc3ccccc3c2Cl)sc2ccc(Cl)c(Cl)c21. The Morgan fingerprint density at radius 3 is 2.62 bits per heavy atom. The van der Waals surface area contributed by atoms with Gasteiger partial charge < -0.3 is 9.30 Å². The van der Waals surface area contributed by atoms with Crippen LogP contribution in [0.5, 0.6) is 0 Å². The van der Waals surface area contributed by atoms with Crippen LogP contribution in [0.2, 0.25) is 15.1 Å². The van der Waals surface area contributed by atoms with E-state index in [-0.39, 0.29) is 5.91 Å². The fraction of sp³-hybridized carbons (Fsp3) is 0.200. The summed E-state index contributed by atoms with van der Waals surface area (Å²) in [6.45, 7) is 3.49. The van der Waals surface area contributed by atoms with Crippen molar-refractivity contribution >= 4 is 83.7 Å². The van der Waals surface area contributed by atoms with E-state index in [2.05, 4.69) is 4.99 Å². The Morgan fingerprint density at radius 2 is 1.86 bits per heavy atom. The van der Waals surface area contributed by atoms with Gasteiger partial charge in [0.2, 0.25) is 0 Å². The quantitative estimate of drug-likeness (QED) is 0.297. The highest BCUT2D eigenvalue weighted by Gasteiger charge is 2.18. The van der Waals surface area contributed by atoms with Crippen LogP contribution in [-0.4, -0.2) is 23.7 Å². The number of thiazole rings is 1. The summed E-state index contributed by atoms with van der Waals surface area (Å²) in [7, 11) is 0. The molecule has 0 aliphatic carbocycles. The summed E-state index contributed by atoms with van der Waals surface area (Å²) >= 11 is 21.8. The van der Waals surface area contributed by atoms with Gasteiger partial charge in [-0.1, -0.05) is 64.3 Å². The van der Waals surface area contributed by atoms with Gasteiger partial charge in [-0.15, -0.1) is 11.3 Å². The molecule has 9 heteroatoms. The van der Waals surface area contributed by atoms with Gasteiger partial charge in [-0.05, 0) is 25.1 Å². The molecule has 0 fully saturated rings. The first-order valence-electron chi connectivity index (χ1n) is 8.82. The van der Waals surface area contributed by atoms with E-state index < -0.39 is 0 Å².